The molecule has 22 heavy (non-hydrogen) atoms. The lowest BCUT2D eigenvalue weighted by Gasteiger charge is -2.28. The van der Waals surface area contributed by atoms with Crippen LogP contribution in [0.4, 0.5) is 10.5 Å². The molecule has 1 saturated heterocycles. The third-order valence-electron chi connectivity index (χ3n) is 3.60. The van der Waals surface area contributed by atoms with Gasteiger partial charge in [-0.1, -0.05) is 25.0 Å². The standard InChI is InChI=1S/C14H22N4O3S/c15-11-12-5-7-13(8-6-12)18(22(20)21)14(19)16-17-9-3-1-2-4-10-17/h5-8H,1-4,9-11,15H2,(H,16,19)(H,20,21)/p-1. The molecule has 0 spiro atoms. The van der Waals surface area contributed by atoms with Gasteiger partial charge in [0.2, 0.25) is 0 Å². The smallest absolute Gasteiger partial charge is 0.347 e. The van der Waals surface area contributed by atoms with E-state index in [1.165, 1.54) is 0 Å². The van der Waals surface area contributed by atoms with Crippen LogP contribution in [0.1, 0.15) is 31.2 Å². The zero-order chi connectivity index (χ0) is 15.9. The number of benzene rings is 1. The molecule has 1 aliphatic rings. The maximum absolute atomic E-state index is 12.3. The van der Waals surface area contributed by atoms with Crippen molar-refractivity contribution in [3.8, 4) is 0 Å². The van der Waals surface area contributed by atoms with Crippen LogP contribution in [-0.2, 0) is 17.8 Å². The molecule has 2 amide bonds. The lowest BCUT2D eigenvalue weighted by molar-refractivity contribution is 0.187. The molecule has 0 aliphatic carbocycles. The molecule has 0 bridgehead atoms. The topological polar surface area (TPSA) is 102 Å². The van der Waals surface area contributed by atoms with Gasteiger partial charge in [0.05, 0.1) is 17.0 Å². The molecule has 1 aliphatic heterocycles. The number of carbonyl (C=O) groups is 1. The van der Waals surface area contributed by atoms with Gasteiger partial charge in [-0.05, 0) is 30.5 Å². The van der Waals surface area contributed by atoms with E-state index in [1.54, 1.807) is 29.3 Å². The fourth-order valence-corrected chi connectivity index (χ4v) is 2.87. The number of nitrogens with one attached hydrogen (secondary N) is 1. The van der Waals surface area contributed by atoms with Crippen LogP contribution in [0.3, 0.4) is 0 Å². The Balaban J connectivity index is 2.08. The molecule has 8 heteroatoms. The summed E-state index contributed by atoms with van der Waals surface area (Å²) in [6.07, 6.45) is 4.24. The highest BCUT2D eigenvalue weighted by molar-refractivity contribution is 7.81. The highest BCUT2D eigenvalue weighted by Crippen LogP contribution is 2.17. The zero-order valence-corrected chi connectivity index (χ0v) is 13.2. The first-order valence-electron chi connectivity index (χ1n) is 7.36. The van der Waals surface area contributed by atoms with Crippen LogP contribution in [0.5, 0.6) is 0 Å². The number of amides is 2. The second-order valence-electron chi connectivity index (χ2n) is 5.20. The van der Waals surface area contributed by atoms with E-state index in [-0.39, 0.29) is 5.69 Å². The normalized spacial score (nSPS) is 17.5. The Morgan fingerprint density at radius 2 is 1.82 bits per heavy atom. The molecule has 122 valence electrons. The van der Waals surface area contributed by atoms with Crippen LogP contribution >= 0.6 is 0 Å². The number of nitrogens with zero attached hydrogens (tertiary/aromatic N) is 2. The molecule has 7 nitrogen and oxygen atoms in total. The van der Waals surface area contributed by atoms with E-state index in [1.807, 2.05) is 0 Å². The summed E-state index contributed by atoms with van der Waals surface area (Å²) < 4.78 is 23.6. The van der Waals surface area contributed by atoms with Gasteiger partial charge in [-0.25, -0.2) is 14.1 Å². The predicted molar refractivity (Wildman–Crippen MR) is 84.3 cm³/mol. The summed E-state index contributed by atoms with van der Waals surface area (Å²) in [5, 5.41) is 1.78. The number of hydrogen-bond donors (Lipinski definition) is 2. The highest BCUT2D eigenvalue weighted by atomic mass is 32.2. The van der Waals surface area contributed by atoms with Crippen LogP contribution in [0.25, 0.3) is 0 Å². The molecule has 1 aromatic rings. The fourth-order valence-electron chi connectivity index (χ4n) is 2.40. The number of hydrazine groups is 1. The Morgan fingerprint density at radius 3 is 2.32 bits per heavy atom. The van der Waals surface area contributed by atoms with Gasteiger partial charge in [0.1, 0.15) is 0 Å². The summed E-state index contributed by atoms with van der Waals surface area (Å²) in [6.45, 7) is 1.83. The molecule has 0 saturated carbocycles. The Bertz CT molecular complexity index is 515. The van der Waals surface area contributed by atoms with Crippen LogP contribution < -0.4 is 15.5 Å². The third kappa shape index (κ3) is 4.51. The quantitative estimate of drug-likeness (QED) is 0.811. The van der Waals surface area contributed by atoms with Crippen molar-refractivity contribution in [2.24, 2.45) is 5.73 Å². The van der Waals surface area contributed by atoms with E-state index in [9.17, 15) is 13.6 Å². The average Bonchev–Trinajstić information content (AvgIpc) is 2.76. The second kappa shape index (κ2) is 8.23. The molecular formula is C14H21N4O3S-. The van der Waals surface area contributed by atoms with Crippen LogP contribution in [-0.4, -0.2) is 32.9 Å². The summed E-state index contributed by atoms with van der Waals surface area (Å²) in [6, 6.07) is 5.87. The minimum atomic E-state index is -2.69. The Hall–Kier alpha value is -1.48. The SMILES string of the molecule is NCc1ccc(N(C(=O)NN2CCCCCC2)S(=O)[O-])cc1. The van der Waals surface area contributed by atoms with Gasteiger partial charge in [-0.2, -0.15) is 0 Å². The van der Waals surface area contributed by atoms with Gasteiger partial charge >= 0.3 is 6.03 Å². The number of hydrogen-bond acceptors (Lipinski definition) is 5. The summed E-state index contributed by atoms with van der Waals surface area (Å²) in [5.41, 5.74) is 9.34. The van der Waals surface area contributed by atoms with Gasteiger partial charge in [-0.15, -0.1) is 0 Å². The van der Waals surface area contributed by atoms with Crippen molar-refractivity contribution in [2.75, 3.05) is 17.4 Å². The highest BCUT2D eigenvalue weighted by Gasteiger charge is 2.20. The maximum atomic E-state index is 12.3. The predicted octanol–water partition coefficient (Wildman–Crippen LogP) is 1.25. The number of nitrogens with two attached hydrogens (primary N) is 1. The molecular weight excluding hydrogens is 304 g/mol. The fraction of sp³-hybridized carbons (Fsp3) is 0.500. The van der Waals surface area contributed by atoms with E-state index in [2.05, 4.69) is 5.43 Å². The van der Waals surface area contributed by atoms with Gasteiger partial charge in [0.25, 0.3) is 0 Å². The monoisotopic (exact) mass is 325 g/mol. The van der Waals surface area contributed by atoms with Crippen molar-refractivity contribution in [3.63, 3.8) is 0 Å². The number of anilines is 1. The zero-order valence-electron chi connectivity index (χ0n) is 12.4. The van der Waals surface area contributed by atoms with Gasteiger partial charge in [-0.3, -0.25) is 9.63 Å². The molecule has 1 atom stereocenters. The Morgan fingerprint density at radius 1 is 1.23 bits per heavy atom. The largest absolute Gasteiger partial charge is 0.755 e. The molecule has 0 radical (unpaired) electrons. The van der Waals surface area contributed by atoms with Crippen molar-refractivity contribution >= 4 is 23.0 Å². The first-order chi connectivity index (χ1) is 10.6. The summed E-state index contributed by atoms with van der Waals surface area (Å²) in [4.78, 5) is 12.3. The lowest BCUT2D eigenvalue weighted by atomic mass is 10.2. The Kier molecular flexibility index (Phi) is 6.32. The van der Waals surface area contributed by atoms with Crippen molar-refractivity contribution in [1.29, 1.82) is 0 Å². The molecule has 1 aromatic carbocycles. The van der Waals surface area contributed by atoms with Crippen molar-refractivity contribution in [3.05, 3.63) is 29.8 Å². The Labute approximate surface area is 132 Å². The van der Waals surface area contributed by atoms with E-state index in [0.29, 0.717) is 10.8 Å². The first kappa shape index (κ1) is 16.9. The lowest BCUT2D eigenvalue weighted by Crippen LogP contribution is -2.50. The molecule has 1 fully saturated rings. The summed E-state index contributed by atoms with van der Waals surface area (Å²) in [5.74, 6) is 0. The van der Waals surface area contributed by atoms with E-state index in [0.717, 1.165) is 44.3 Å². The molecule has 0 aromatic heterocycles. The van der Waals surface area contributed by atoms with Crippen LogP contribution in [0.2, 0.25) is 0 Å². The second-order valence-corrected chi connectivity index (χ2v) is 6.00. The molecule has 1 unspecified atom stereocenters. The average molecular weight is 325 g/mol. The minimum Gasteiger partial charge on any atom is -0.755 e. The van der Waals surface area contributed by atoms with Gasteiger partial charge in [0, 0.05) is 19.6 Å². The van der Waals surface area contributed by atoms with Crippen molar-refractivity contribution in [2.45, 2.75) is 32.2 Å². The van der Waals surface area contributed by atoms with Crippen molar-refractivity contribution < 1.29 is 13.6 Å². The number of urea groups is 1. The van der Waals surface area contributed by atoms with E-state index < -0.39 is 17.3 Å². The summed E-state index contributed by atoms with van der Waals surface area (Å²) in [7, 11) is 0. The summed E-state index contributed by atoms with van der Waals surface area (Å²) >= 11 is -2.69. The maximum Gasteiger partial charge on any atom is 0.347 e. The van der Waals surface area contributed by atoms with Gasteiger partial charge in [0.15, 0.2) is 0 Å². The van der Waals surface area contributed by atoms with Crippen LogP contribution in [0.15, 0.2) is 24.3 Å². The minimum absolute atomic E-state index is 0.290. The molecule has 1 heterocycles. The van der Waals surface area contributed by atoms with Crippen LogP contribution in [0, 0.1) is 0 Å². The molecule has 2 rings (SSSR count). The van der Waals surface area contributed by atoms with E-state index >= 15 is 0 Å². The van der Waals surface area contributed by atoms with Crippen molar-refractivity contribution in [1.82, 2.24) is 10.4 Å². The van der Waals surface area contributed by atoms with E-state index in [4.69, 9.17) is 5.73 Å². The third-order valence-corrected chi connectivity index (χ3v) is 4.27. The number of carbonyl (C=O) groups excluding carboxylic acids is 1. The van der Waals surface area contributed by atoms with Gasteiger partial charge < -0.3 is 10.3 Å². The number of rotatable bonds is 4. The molecule has 3 N–H and O–H groups in total. The first-order valence-corrected chi connectivity index (χ1v) is 8.39.